The van der Waals surface area contributed by atoms with Gasteiger partial charge in [0, 0.05) is 13.0 Å². The zero-order valence-electron chi connectivity index (χ0n) is 12.0. The van der Waals surface area contributed by atoms with Crippen molar-refractivity contribution < 1.29 is 19.4 Å². The second-order valence-electron chi connectivity index (χ2n) is 4.56. The molecule has 0 saturated carbocycles. The van der Waals surface area contributed by atoms with Gasteiger partial charge in [0.1, 0.15) is 19.0 Å². The van der Waals surface area contributed by atoms with Gasteiger partial charge in [-0.05, 0) is 12.1 Å². The highest BCUT2D eigenvalue weighted by Crippen LogP contribution is 2.16. The molecule has 0 radical (unpaired) electrons. The van der Waals surface area contributed by atoms with E-state index in [1.807, 2.05) is 24.3 Å². The van der Waals surface area contributed by atoms with Crippen LogP contribution in [0.4, 0.5) is 4.79 Å². The van der Waals surface area contributed by atoms with Crippen LogP contribution in [0, 0.1) is 0 Å². The number of ether oxygens (including phenoxy) is 1. The number of carboxylic acids is 1. The molecule has 116 valence electrons. The van der Waals surface area contributed by atoms with Crippen molar-refractivity contribution in [2.24, 2.45) is 0 Å². The van der Waals surface area contributed by atoms with Gasteiger partial charge in [0.05, 0.1) is 11.0 Å². The molecule has 2 N–H and O–H groups in total. The number of para-hydroxylation sites is 2. The van der Waals surface area contributed by atoms with Crippen molar-refractivity contribution in [2.45, 2.75) is 13.0 Å². The number of nitrogens with one attached hydrogen (secondary N) is 1. The molecule has 0 atom stereocenters. The van der Waals surface area contributed by atoms with Gasteiger partial charge in [0.25, 0.3) is 0 Å². The average Bonchev–Trinajstić information content (AvgIpc) is 2.83. The largest absolute Gasteiger partial charge is 0.480 e. The maximum absolute atomic E-state index is 11.3. The molecule has 2 rings (SSSR count). The highest BCUT2D eigenvalue weighted by Gasteiger charge is 2.13. The first-order valence-electron chi connectivity index (χ1n) is 6.79. The molecule has 0 aliphatic rings. The Balaban J connectivity index is 2.08. The van der Waals surface area contributed by atoms with E-state index in [1.54, 1.807) is 4.57 Å². The third-order valence-corrected chi connectivity index (χ3v) is 2.98. The van der Waals surface area contributed by atoms with Crippen molar-refractivity contribution in [3.8, 4) is 0 Å². The van der Waals surface area contributed by atoms with Crippen molar-refractivity contribution >= 4 is 23.1 Å². The summed E-state index contributed by atoms with van der Waals surface area (Å²) in [5, 5.41) is 11.6. The molecule has 7 heteroatoms. The highest BCUT2D eigenvalue weighted by molar-refractivity contribution is 5.78. The topological polar surface area (TPSA) is 93.5 Å². The number of alkyl carbamates (subject to hydrolysis) is 1. The van der Waals surface area contributed by atoms with Crippen LogP contribution in [0.25, 0.3) is 11.0 Å². The van der Waals surface area contributed by atoms with E-state index in [2.05, 4.69) is 16.9 Å². The molecule has 1 amide bonds. The summed E-state index contributed by atoms with van der Waals surface area (Å²) < 4.78 is 6.43. The molecule has 0 fully saturated rings. The Hall–Kier alpha value is -2.83. The second kappa shape index (κ2) is 7.26. The van der Waals surface area contributed by atoms with Crippen LogP contribution in [0.3, 0.4) is 0 Å². The fraction of sp³-hybridized carbons (Fsp3) is 0.267. The number of imidazole rings is 1. The Bertz CT molecular complexity index is 693. The number of hydrogen-bond acceptors (Lipinski definition) is 4. The first-order chi connectivity index (χ1) is 10.6. The number of fused-ring (bicyclic) bond motifs is 1. The zero-order chi connectivity index (χ0) is 15.9. The molecule has 0 unspecified atom stereocenters. The molecule has 1 heterocycles. The lowest BCUT2D eigenvalue weighted by molar-refractivity contribution is -0.137. The fourth-order valence-corrected chi connectivity index (χ4v) is 2.09. The summed E-state index contributed by atoms with van der Waals surface area (Å²) in [6.07, 6.45) is 1.35. The molecule has 0 saturated heterocycles. The normalized spacial score (nSPS) is 10.4. The minimum atomic E-state index is -0.942. The molecule has 0 aliphatic carbocycles. The predicted octanol–water partition coefficient (Wildman–Crippen LogP) is 1.58. The second-order valence-corrected chi connectivity index (χ2v) is 4.56. The van der Waals surface area contributed by atoms with E-state index in [-0.39, 0.29) is 13.2 Å². The van der Waals surface area contributed by atoms with Crippen LogP contribution in [-0.2, 0) is 22.5 Å². The molecule has 7 nitrogen and oxygen atoms in total. The number of benzene rings is 1. The Morgan fingerprint density at radius 3 is 2.91 bits per heavy atom. The minimum absolute atomic E-state index is 0.142. The summed E-state index contributed by atoms with van der Waals surface area (Å²) in [6, 6.07) is 7.32. The SMILES string of the molecule is C=CCOC(=O)NCCc1nc2ccccc2n1CC(=O)O. The van der Waals surface area contributed by atoms with E-state index >= 15 is 0 Å². The first kappa shape index (κ1) is 15.6. The Morgan fingerprint density at radius 1 is 1.41 bits per heavy atom. The lowest BCUT2D eigenvalue weighted by atomic mass is 10.3. The van der Waals surface area contributed by atoms with Crippen LogP contribution in [0.15, 0.2) is 36.9 Å². The van der Waals surface area contributed by atoms with Gasteiger partial charge < -0.3 is 19.7 Å². The summed E-state index contributed by atoms with van der Waals surface area (Å²) in [5.74, 6) is -0.338. The molecular formula is C15H17N3O4. The number of hydrogen-bond donors (Lipinski definition) is 2. The van der Waals surface area contributed by atoms with E-state index in [4.69, 9.17) is 9.84 Å². The van der Waals surface area contributed by atoms with Gasteiger partial charge in [-0.25, -0.2) is 9.78 Å². The van der Waals surface area contributed by atoms with Crippen LogP contribution in [0.2, 0.25) is 0 Å². The summed E-state index contributed by atoms with van der Waals surface area (Å²) in [5.41, 5.74) is 1.49. The van der Waals surface area contributed by atoms with Crippen LogP contribution < -0.4 is 5.32 Å². The van der Waals surface area contributed by atoms with Crippen molar-refractivity contribution in [3.05, 3.63) is 42.7 Å². The smallest absolute Gasteiger partial charge is 0.407 e. The number of carboxylic acid groups (broad SMARTS) is 1. The molecule has 0 bridgehead atoms. The van der Waals surface area contributed by atoms with E-state index in [9.17, 15) is 9.59 Å². The van der Waals surface area contributed by atoms with Gasteiger partial charge in [-0.15, -0.1) is 0 Å². The molecule has 1 aromatic heterocycles. The summed E-state index contributed by atoms with van der Waals surface area (Å²) >= 11 is 0. The van der Waals surface area contributed by atoms with Gasteiger partial charge >= 0.3 is 12.1 Å². The lowest BCUT2D eigenvalue weighted by Gasteiger charge is -2.07. The molecule has 22 heavy (non-hydrogen) atoms. The number of carbonyl (C=O) groups excluding carboxylic acids is 1. The van der Waals surface area contributed by atoms with Gasteiger partial charge in [-0.2, -0.15) is 0 Å². The Morgan fingerprint density at radius 2 is 2.18 bits per heavy atom. The number of aromatic nitrogens is 2. The maximum Gasteiger partial charge on any atom is 0.407 e. The van der Waals surface area contributed by atoms with E-state index in [1.165, 1.54) is 6.08 Å². The van der Waals surface area contributed by atoms with E-state index < -0.39 is 12.1 Å². The first-order valence-corrected chi connectivity index (χ1v) is 6.79. The number of rotatable bonds is 7. The van der Waals surface area contributed by atoms with E-state index in [0.29, 0.717) is 18.8 Å². The monoisotopic (exact) mass is 303 g/mol. The number of carbonyl (C=O) groups is 2. The van der Waals surface area contributed by atoms with Crippen molar-refractivity contribution in [2.75, 3.05) is 13.2 Å². The Labute approximate surface area is 127 Å². The number of nitrogens with zero attached hydrogens (tertiary/aromatic N) is 2. The lowest BCUT2D eigenvalue weighted by Crippen LogP contribution is -2.27. The maximum atomic E-state index is 11.3. The molecule has 0 aliphatic heterocycles. The molecule has 0 spiro atoms. The summed E-state index contributed by atoms with van der Waals surface area (Å²) in [6.45, 7) is 3.73. The minimum Gasteiger partial charge on any atom is -0.480 e. The van der Waals surface area contributed by atoms with Crippen LogP contribution in [0.1, 0.15) is 5.82 Å². The quantitative estimate of drug-likeness (QED) is 0.757. The average molecular weight is 303 g/mol. The van der Waals surface area contributed by atoms with Crippen LogP contribution in [0.5, 0.6) is 0 Å². The summed E-state index contributed by atoms with van der Waals surface area (Å²) in [4.78, 5) is 26.8. The zero-order valence-corrected chi connectivity index (χ0v) is 12.0. The van der Waals surface area contributed by atoms with Gasteiger partial charge in [-0.1, -0.05) is 24.8 Å². The van der Waals surface area contributed by atoms with Gasteiger partial charge in [0.2, 0.25) is 0 Å². The molecular weight excluding hydrogens is 286 g/mol. The number of amides is 1. The van der Waals surface area contributed by atoms with Crippen molar-refractivity contribution in [1.82, 2.24) is 14.9 Å². The predicted molar refractivity (Wildman–Crippen MR) is 80.6 cm³/mol. The number of aliphatic carboxylic acids is 1. The molecule has 2 aromatic rings. The third-order valence-electron chi connectivity index (χ3n) is 2.98. The van der Waals surface area contributed by atoms with Crippen molar-refractivity contribution in [3.63, 3.8) is 0 Å². The van der Waals surface area contributed by atoms with Crippen LogP contribution >= 0.6 is 0 Å². The van der Waals surface area contributed by atoms with Gasteiger partial charge in [0.15, 0.2) is 0 Å². The summed E-state index contributed by atoms with van der Waals surface area (Å²) in [7, 11) is 0. The molecule has 1 aromatic carbocycles. The van der Waals surface area contributed by atoms with Gasteiger partial charge in [-0.3, -0.25) is 4.79 Å². The third kappa shape index (κ3) is 3.85. The Kier molecular flexibility index (Phi) is 5.13. The highest BCUT2D eigenvalue weighted by atomic mass is 16.5. The standard InChI is InChI=1S/C15H17N3O4/c1-2-9-22-15(21)16-8-7-13-17-11-5-3-4-6-12(11)18(13)10-14(19)20/h2-6H,1,7-10H2,(H,16,21)(H,19,20). The van der Waals surface area contributed by atoms with Crippen LogP contribution in [-0.4, -0.2) is 39.9 Å². The fourth-order valence-electron chi connectivity index (χ4n) is 2.09. The van der Waals surface area contributed by atoms with E-state index in [0.717, 1.165) is 11.0 Å². The van der Waals surface area contributed by atoms with Crippen molar-refractivity contribution in [1.29, 1.82) is 0 Å².